The summed E-state index contributed by atoms with van der Waals surface area (Å²) in [5.41, 5.74) is 2.07. The van der Waals surface area contributed by atoms with Gasteiger partial charge in [-0.2, -0.15) is 4.98 Å². The van der Waals surface area contributed by atoms with Crippen LogP contribution in [0.25, 0.3) is 11.4 Å². The molecular weight excluding hydrogens is 312 g/mol. The number of aromatic nitrogens is 3. The molecule has 2 aromatic heterocycles. The molecule has 118 valence electrons. The number of anilines is 1. The first-order valence-corrected chi connectivity index (χ1v) is 8.04. The van der Waals surface area contributed by atoms with E-state index in [1.807, 2.05) is 38.1 Å². The summed E-state index contributed by atoms with van der Waals surface area (Å²) in [5.74, 6) is 0.872. The van der Waals surface area contributed by atoms with Gasteiger partial charge < -0.3 is 9.84 Å². The Morgan fingerprint density at radius 3 is 2.74 bits per heavy atom. The first-order valence-electron chi connectivity index (χ1n) is 7.22. The van der Waals surface area contributed by atoms with Crippen LogP contribution in [0.4, 0.5) is 5.13 Å². The lowest BCUT2D eigenvalue weighted by atomic mass is 10.1. The van der Waals surface area contributed by atoms with Crippen molar-refractivity contribution in [1.82, 2.24) is 15.1 Å². The Labute approximate surface area is 137 Å². The minimum Gasteiger partial charge on any atom is -0.339 e. The lowest BCUT2D eigenvalue weighted by Crippen LogP contribution is -2.12. The summed E-state index contributed by atoms with van der Waals surface area (Å²) in [4.78, 5) is 21.3. The average Bonchev–Trinajstić information content (AvgIpc) is 3.15. The maximum absolute atomic E-state index is 11.9. The minimum atomic E-state index is -0.116. The molecule has 7 heteroatoms. The molecule has 1 amide bonds. The zero-order valence-electron chi connectivity index (χ0n) is 12.9. The van der Waals surface area contributed by atoms with Gasteiger partial charge in [-0.25, -0.2) is 4.98 Å². The molecule has 6 nitrogen and oxygen atoms in total. The molecule has 0 radical (unpaired) electrons. The second-order valence-electron chi connectivity index (χ2n) is 5.20. The van der Waals surface area contributed by atoms with Crippen molar-refractivity contribution in [2.75, 3.05) is 5.32 Å². The number of hydrogen-bond acceptors (Lipinski definition) is 6. The lowest BCUT2D eigenvalue weighted by Gasteiger charge is -1.98. The molecule has 0 saturated heterocycles. The highest BCUT2D eigenvalue weighted by Gasteiger charge is 2.11. The molecule has 0 saturated carbocycles. The van der Waals surface area contributed by atoms with Crippen LogP contribution in [-0.2, 0) is 11.2 Å². The molecular formula is C16H16N4O2S. The molecule has 0 aliphatic rings. The fourth-order valence-corrected chi connectivity index (χ4v) is 2.67. The smallest absolute Gasteiger partial charge is 0.227 e. The van der Waals surface area contributed by atoms with Crippen molar-refractivity contribution in [2.24, 2.45) is 0 Å². The topological polar surface area (TPSA) is 80.9 Å². The summed E-state index contributed by atoms with van der Waals surface area (Å²) in [6, 6.07) is 7.88. The molecule has 3 aromatic rings. The normalized spacial score (nSPS) is 10.7. The zero-order valence-corrected chi connectivity index (χ0v) is 13.7. The van der Waals surface area contributed by atoms with Gasteiger partial charge in [-0.05, 0) is 13.8 Å². The maximum atomic E-state index is 11.9. The van der Waals surface area contributed by atoms with E-state index in [4.69, 9.17) is 4.52 Å². The quantitative estimate of drug-likeness (QED) is 0.776. The highest BCUT2D eigenvalue weighted by atomic mass is 32.1. The Morgan fingerprint density at radius 1 is 1.26 bits per heavy atom. The van der Waals surface area contributed by atoms with Gasteiger partial charge in [0.2, 0.25) is 17.6 Å². The van der Waals surface area contributed by atoms with Crippen LogP contribution in [-0.4, -0.2) is 21.0 Å². The second-order valence-corrected chi connectivity index (χ2v) is 6.44. The summed E-state index contributed by atoms with van der Waals surface area (Å²) in [7, 11) is 0. The Kier molecular flexibility index (Phi) is 4.47. The van der Waals surface area contributed by atoms with Crippen molar-refractivity contribution >= 4 is 22.4 Å². The molecule has 3 rings (SSSR count). The van der Waals surface area contributed by atoms with E-state index in [0.29, 0.717) is 23.3 Å². The predicted molar refractivity (Wildman–Crippen MR) is 88.3 cm³/mol. The van der Waals surface area contributed by atoms with Gasteiger partial charge >= 0.3 is 0 Å². The number of aryl methyl sites for hydroxylation is 3. The highest BCUT2D eigenvalue weighted by Crippen LogP contribution is 2.18. The Morgan fingerprint density at radius 2 is 2.04 bits per heavy atom. The maximum Gasteiger partial charge on any atom is 0.227 e. The monoisotopic (exact) mass is 328 g/mol. The summed E-state index contributed by atoms with van der Waals surface area (Å²) in [5, 5.41) is 7.32. The van der Waals surface area contributed by atoms with Gasteiger partial charge in [0.15, 0.2) is 5.13 Å². The van der Waals surface area contributed by atoms with Gasteiger partial charge in [0.1, 0.15) is 0 Å². The molecule has 0 spiro atoms. The molecule has 2 heterocycles. The average molecular weight is 328 g/mol. The third-order valence-electron chi connectivity index (χ3n) is 3.21. The van der Waals surface area contributed by atoms with E-state index in [9.17, 15) is 4.79 Å². The van der Waals surface area contributed by atoms with E-state index in [2.05, 4.69) is 20.4 Å². The number of carbonyl (C=O) groups excluding carboxylic acids is 1. The predicted octanol–water partition coefficient (Wildman–Crippen LogP) is 3.38. The summed E-state index contributed by atoms with van der Waals surface area (Å²) in [6.07, 6.45) is 2.40. The first-order chi connectivity index (χ1) is 11.1. The van der Waals surface area contributed by atoms with Crippen LogP contribution in [0.1, 0.15) is 22.8 Å². The Hall–Kier alpha value is -2.54. The molecule has 0 fully saturated rings. The SMILES string of the molecule is Cc1ccc(-c2noc(CCC(=O)Nc3ncc(C)s3)n2)cc1. The minimum absolute atomic E-state index is 0.116. The van der Waals surface area contributed by atoms with Gasteiger partial charge in [-0.1, -0.05) is 35.0 Å². The van der Waals surface area contributed by atoms with Crippen LogP contribution in [0, 0.1) is 13.8 Å². The zero-order chi connectivity index (χ0) is 16.2. The van der Waals surface area contributed by atoms with Crippen molar-refractivity contribution in [1.29, 1.82) is 0 Å². The van der Waals surface area contributed by atoms with E-state index in [1.54, 1.807) is 6.20 Å². The van der Waals surface area contributed by atoms with Crippen LogP contribution < -0.4 is 5.32 Å². The van der Waals surface area contributed by atoms with E-state index in [0.717, 1.165) is 10.4 Å². The molecule has 0 aliphatic carbocycles. The van der Waals surface area contributed by atoms with E-state index >= 15 is 0 Å². The number of rotatable bonds is 5. The third-order valence-corrected chi connectivity index (χ3v) is 4.04. The van der Waals surface area contributed by atoms with Crippen molar-refractivity contribution in [2.45, 2.75) is 26.7 Å². The summed E-state index contributed by atoms with van der Waals surface area (Å²) >= 11 is 1.45. The molecule has 1 N–H and O–H groups in total. The van der Waals surface area contributed by atoms with Gasteiger partial charge in [0, 0.05) is 29.5 Å². The van der Waals surface area contributed by atoms with Crippen molar-refractivity contribution < 1.29 is 9.32 Å². The van der Waals surface area contributed by atoms with Crippen LogP contribution in [0.5, 0.6) is 0 Å². The van der Waals surface area contributed by atoms with E-state index in [1.165, 1.54) is 16.9 Å². The first kappa shape index (κ1) is 15.4. The van der Waals surface area contributed by atoms with Gasteiger partial charge in [0.05, 0.1) is 0 Å². The van der Waals surface area contributed by atoms with Crippen molar-refractivity contribution in [3.05, 3.63) is 46.8 Å². The molecule has 0 bridgehead atoms. The third kappa shape index (κ3) is 4.01. The van der Waals surface area contributed by atoms with Crippen LogP contribution in [0.2, 0.25) is 0 Å². The fourth-order valence-electron chi connectivity index (χ4n) is 1.99. The largest absolute Gasteiger partial charge is 0.339 e. The number of hydrogen-bond donors (Lipinski definition) is 1. The summed E-state index contributed by atoms with van der Waals surface area (Å²) < 4.78 is 5.20. The molecule has 23 heavy (non-hydrogen) atoms. The van der Waals surface area contributed by atoms with Gasteiger partial charge in [0.25, 0.3) is 0 Å². The molecule has 0 aliphatic heterocycles. The van der Waals surface area contributed by atoms with Gasteiger partial charge in [-0.3, -0.25) is 4.79 Å². The van der Waals surface area contributed by atoms with Crippen LogP contribution in [0.15, 0.2) is 35.0 Å². The second kappa shape index (κ2) is 6.70. The number of carbonyl (C=O) groups is 1. The molecule has 0 atom stereocenters. The lowest BCUT2D eigenvalue weighted by molar-refractivity contribution is -0.116. The van der Waals surface area contributed by atoms with Crippen molar-refractivity contribution in [3.63, 3.8) is 0 Å². The van der Waals surface area contributed by atoms with E-state index < -0.39 is 0 Å². The van der Waals surface area contributed by atoms with Gasteiger partial charge in [-0.15, -0.1) is 11.3 Å². The molecule has 1 aromatic carbocycles. The Bertz CT molecular complexity index is 808. The standard InChI is InChI=1S/C16H16N4O2S/c1-10-3-5-12(6-4-10)15-19-14(22-20-15)8-7-13(21)18-16-17-9-11(2)23-16/h3-6,9H,7-8H2,1-2H3,(H,17,18,21). The number of amides is 1. The molecule has 0 unspecified atom stereocenters. The number of benzene rings is 1. The van der Waals surface area contributed by atoms with E-state index in [-0.39, 0.29) is 12.3 Å². The number of nitrogens with one attached hydrogen (secondary N) is 1. The fraction of sp³-hybridized carbons (Fsp3) is 0.250. The Balaban J connectivity index is 1.56. The summed E-state index contributed by atoms with van der Waals surface area (Å²) in [6.45, 7) is 3.96. The van der Waals surface area contributed by atoms with Crippen LogP contribution in [0.3, 0.4) is 0 Å². The van der Waals surface area contributed by atoms with Crippen molar-refractivity contribution in [3.8, 4) is 11.4 Å². The number of thiazole rings is 1. The highest BCUT2D eigenvalue weighted by molar-refractivity contribution is 7.15. The number of nitrogens with zero attached hydrogens (tertiary/aromatic N) is 3. The van der Waals surface area contributed by atoms with Crippen LogP contribution >= 0.6 is 11.3 Å².